The molecule has 17 heavy (non-hydrogen) atoms. The number of aromatic nitrogens is 3. The van der Waals surface area contributed by atoms with E-state index in [2.05, 4.69) is 10.1 Å². The first-order valence-corrected chi connectivity index (χ1v) is 6.09. The van der Waals surface area contributed by atoms with Gasteiger partial charge in [0.25, 0.3) is 5.91 Å². The zero-order valence-corrected chi connectivity index (χ0v) is 10.9. The van der Waals surface area contributed by atoms with Gasteiger partial charge in [0.15, 0.2) is 0 Å². The molecule has 2 heterocycles. The fraction of sp³-hybridized carbons (Fsp3) is 0.364. The lowest BCUT2D eigenvalue weighted by Gasteiger charge is -2.15. The second-order valence-electron chi connectivity index (χ2n) is 3.95. The Balaban J connectivity index is 2.08. The van der Waals surface area contributed by atoms with Crippen molar-refractivity contribution in [3.63, 3.8) is 0 Å². The van der Waals surface area contributed by atoms with E-state index in [4.69, 9.17) is 0 Å². The molecule has 2 aromatic rings. The molecule has 0 saturated heterocycles. The quantitative estimate of drug-likeness (QED) is 0.828. The number of thiazole rings is 1. The summed E-state index contributed by atoms with van der Waals surface area (Å²) in [5.74, 6) is 0.00820. The molecule has 5 nitrogen and oxygen atoms in total. The van der Waals surface area contributed by atoms with E-state index < -0.39 is 0 Å². The topological polar surface area (TPSA) is 51.0 Å². The minimum Gasteiger partial charge on any atom is -0.337 e. The Kier molecular flexibility index (Phi) is 3.23. The second-order valence-corrected chi connectivity index (χ2v) is 4.81. The summed E-state index contributed by atoms with van der Waals surface area (Å²) in [4.78, 5) is 18.6. The highest BCUT2D eigenvalue weighted by Crippen LogP contribution is 2.15. The van der Waals surface area contributed by atoms with Crippen molar-refractivity contribution in [3.05, 3.63) is 34.0 Å². The normalized spacial score (nSPS) is 10.5. The summed E-state index contributed by atoms with van der Waals surface area (Å²) in [6, 6.07) is 0. The Morgan fingerprint density at radius 1 is 1.59 bits per heavy atom. The van der Waals surface area contributed by atoms with Gasteiger partial charge in [0, 0.05) is 32.4 Å². The first-order valence-electron chi connectivity index (χ1n) is 5.21. The third-order valence-electron chi connectivity index (χ3n) is 2.46. The molecule has 2 rings (SSSR count). The largest absolute Gasteiger partial charge is 0.337 e. The lowest BCUT2D eigenvalue weighted by atomic mass is 10.3. The second kappa shape index (κ2) is 4.67. The molecule has 0 atom stereocenters. The van der Waals surface area contributed by atoms with Crippen molar-refractivity contribution in [2.75, 3.05) is 7.05 Å². The van der Waals surface area contributed by atoms with E-state index in [1.54, 1.807) is 28.3 Å². The van der Waals surface area contributed by atoms with Crippen LogP contribution in [0.3, 0.4) is 0 Å². The van der Waals surface area contributed by atoms with Gasteiger partial charge in [-0.25, -0.2) is 4.98 Å². The molecule has 0 unspecified atom stereocenters. The van der Waals surface area contributed by atoms with Crippen LogP contribution in [0.15, 0.2) is 17.9 Å². The van der Waals surface area contributed by atoms with Crippen LogP contribution >= 0.6 is 11.3 Å². The summed E-state index contributed by atoms with van der Waals surface area (Å²) in [7, 11) is 3.65. The Bertz CT molecular complexity index is 531. The number of carbonyl (C=O) groups is 1. The van der Waals surface area contributed by atoms with Crippen molar-refractivity contribution in [1.29, 1.82) is 0 Å². The van der Waals surface area contributed by atoms with Crippen LogP contribution in [0.25, 0.3) is 0 Å². The van der Waals surface area contributed by atoms with Gasteiger partial charge in [0.05, 0.1) is 17.4 Å². The Morgan fingerprint density at radius 3 is 2.88 bits per heavy atom. The van der Waals surface area contributed by atoms with Gasteiger partial charge >= 0.3 is 0 Å². The molecule has 0 fully saturated rings. The number of hydrogen-bond donors (Lipinski definition) is 0. The van der Waals surface area contributed by atoms with Gasteiger partial charge in [-0.05, 0) is 6.92 Å². The minimum absolute atomic E-state index is 0.00820. The number of nitrogens with zero attached hydrogens (tertiary/aromatic N) is 4. The number of hydrogen-bond acceptors (Lipinski definition) is 4. The van der Waals surface area contributed by atoms with E-state index in [9.17, 15) is 4.79 Å². The molecule has 1 amide bonds. The number of aryl methyl sites for hydroxylation is 2. The monoisotopic (exact) mass is 250 g/mol. The molecule has 90 valence electrons. The predicted molar refractivity (Wildman–Crippen MR) is 65.9 cm³/mol. The van der Waals surface area contributed by atoms with Gasteiger partial charge in [0.1, 0.15) is 4.88 Å². The molecule has 0 aliphatic carbocycles. The Hall–Kier alpha value is -1.69. The summed E-state index contributed by atoms with van der Waals surface area (Å²) < 4.78 is 1.73. The SMILES string of the molecule is Cc1ncsc1C(=O)N(C)Cc1cnn(C)c1. The predicted octanol–water partition coefficient (Wildman–Crippen LogP) is 1.46. The van der Waals surface area contributed by atoms with Crippen LogP contribution in [-0.4, -0.2) is 32.6 Å². The molecular weight excluding hydrogens is 236 g/mol. The molecule has 0 aliphatic rings. The van der Waals surface area contributed by atoms with E-state index in [1.807, 2.05) is 20.2 Å². The van der Waals surface area contributed by atoms with Crippen LogP contribution in [-0.2, 0) is 13.6 Å². The van der Waals surface area contributed by atoms with Crippen molar-refractivity contribution < 1.29 is 4.79 Å². The van der Waals surface area contributed by atoms with Gasteiger partial charge in [0.2, 0.25) is 0 Å². The van der Waals surface area contributed by atoms with E-state index in [-0.39, 0.29) is 5.91 Å². The molecule has 0 spiro atoms. The van der Waals surface area contributed by atoms with Crippen LogP contribution in [0.5, 0.6) is 0 Å². The molecule has 2 aromatic heterocycles. The molecule has 0 aliphatic heterocycles. The zero-order chi connectivity index (χ0) is 12.4. The number of rotatable bonds is 3. The molecule has 0 saturated carbocycles. The molecule has 0 radical (unpaired) electrons. The fourth-order valence-corrected chi connectivity index (χ4v) is 2.38. The summed E-state index contributed by atoms with van der Waals surface area (Å²) in [6.45, 7) is 2.41. The first kappa shape index (κ1) is 11.8. The van der Waals surface area contributed by atoms with E-state index in [0.29, 0.717) is 11.4 Å². The smallest absolute Gasteiger partial charge is 0.265 e. The van der Waals surface area contributed by atoms with E-state index in [1.165, 1.54) is 11.3 Å². The number of amides is 1. The van der Waals surface area contributed by atoms with Crippen LogP contribution in [0.1, 0.15) is 20.9 Å². The van der Waals surface area contributed by atoms with Crippen LogP contribution in [0.2, 0.25) is 0 Å². The maximum absolute atomic E-state index is 12.1. The highest BCUT2D eigenvalue weighted by atomic mass is 32.1. The standard InChI is InChI=1S/C11H14N4OS/c1-8-10(17-7-12-8)11(16)14(2)5-9-4-13-15(3)6-9/h4,6-7H,5H2,1-3H3. The molecule has 0 bridgehead atoms. The Morgan fingerprint density at radius 2 is 2.35 bits per heavy atom. The third-order valence-corrected chi connectivity index (χ3v) is 3.38. The third kappa shape index (κ3) is 2.52. The van der Waals surface area contributed by atoms with Crippen molar-refractivity contribution in [2.45, 2.75) is 13.5 Å². The van der Waals surface area contributed by atoms with Gasteiger partial charge in [-0.1, -0.05) is 0 Å². The molecule has 0 N–H and O–H groups in total. The average Bonchev–Trinajstić information content (AvgIpc) is 2.86. The van der Waals surface area contributed by atoms with Gasteiger partial charge in [-0.15, -0.1) is 11.3 Å². The van der Waals surface area contributed by atoms with Gasteiger partial charge in [-0.2, -0.15) is 5.10 Å². The summed E-state index contributed by atoms with van der Waals surface area (Å²) in [5, 5.41) is 4.08. The molecule has 0 aromatic carbocycles. The zero-order valence-electron chi connectivity index (χ0n) is 10.0. The van der Waals surface area contributed by atoms with Crippen molar-refractivity contribution >= 4 is 17.2 Å². The molecule has 6 heteroatoms. The highest BCUT2D eigenvalue weighted by molar-refractivity contribution is 7.11. The van der Waals surface area contributed by atoms with Gasteiger partial charge < -0.3 is 4.90 Å². The summed E-state index contributed by atoms with van der Waals surface area (Å²) in [5.41, 5.74) is 3.50. The maximum Gasteiger partial charge on any atom is 0.265 e. The maximum atomic E-state index is 12.1. The van der Waals surface area contributed by atoms with Crippen LogP contribution in [0.4, 0.5) is 0 Å². The van der Waals surface area contributed by atoms with Crippen LogP contribution < -0.4 is 0 Å². The summed E-state index contributed by atoms with van der Waals surface area (Å²) in [6.07, 6.45) is 3.67. The lowest BCUT2D eigenvalue weighted by Crippen LogP contribution is -2.25. The van der Waals surface area contributed by atoms with Gasteiger partial charge in [-0.3, -0.25) is 9.48 Å². The fourth-order valence-electron chi connectivity index (χ4n) is 1.58. The molecular formula is C11H14N4OS. The van der Waals surface area contributed by atoms with Crippen LogP contribution in [0, 0.1) is 6.92 Å². The van der Waals surface area contributed by atoms with Crippen molar-refractivity contribution in [1.82, 2.24) is 19.7 Å². The van der Waals surface area contributed by atoms with Crippen molar-refractivity contribution in [3.8, 4) is 0 Å². The lowest BCUT2D eigenvalue weighted by molar-refractivity contribution is 0.0789. The minimum atomic E-state index is 0.00820. The average molecular weight is 250 g/mol. The van der Waals surface area contributed by atoms with E-state index in [0.717, 1.165) is 11.3 Å². The Labute approximate surface area is 104 Å². The first-order chi connectivity index (χ1) is 8.08. The van der Waals surface area contributed by atoms with Crippen molar-refractivity contribution in [2.24, 2.45) is 7.05 Å². The highest BCUT2D eigenvalue weighted by Gasteiger charge is 2.16. The number of carbonyl (C=O) groups excluding carboxylic acids is 1. The summed E-state index contributed by atoms with van der Waals surface area (Å²) >= 11 is 1.38. The van der Waals surface area contributed by atoms with E-state index >= 15 is 0 Å².